The molecule has 3 heterocycles. The number of nitrogens with zero attached hydrogens (tertiary/aromatic N) is 3. The molecular formula is C23H19FN4O2. The van der Waals surface area contributed by atoms with Gasteiger partial charge in [-0.2, -0.15) is 0 Å². The van der Waals surface area contributed by atoms with E-state index in [4.69, 9.17) is 16.9 Å². The first-order valence-corrected chi connectivity index (χ1v) is 9.76. The van der Waals surface area contributed by atoms with Gasteiger partial charge in [0.25, 0.3) is 5.91 Å². The van der Waals surface area contributed by atoms with Gasteiger partial charge in [0.15, 0.2) is 0 Å². The van der Waals surface area contributed by atoms with E-state index in [0.717, 1.165) is 24.0 Å². The molecule has 1 amide bonds. The monoisotopic (exact) mass is 402 g/mol. The zero-order valence-corrected chi connectivity index (χ0v) is 16.2. The van der Waals surface area contributed by atoms with Gasteiger partial charge in [-0.15, -0.1) is 6.42 Å². The zero-order chi connectivity index (χ0) is 20.8. The number of aromatic nitrogens is 2. The van der Waals surface area contributed by atoms with Crippen LogP contribution in [0.1, 0.15) is 45.6 Å². The number of rotatable bonds is 4. The van der Waals surface area contributed by atoms with Crippen molar-refractivity contribution in [2.75, 3.05) is 5.73 Å². The van der Waals surface area contributed by atoms with Crippen molar-refractivity contribution in [2.24, 2.45) is 0 Å². The summed E-state index contributed by atoms with van der Waals surface area (Å²) in [6.07, 6.45) is 8.76. The first kappa shape index (κ1) is 18.5. The van der Waals surface area contributed by atoms with Gasteiger partial charge in [-0.05, 0) is 36.6 Å². The Kier molecular flexibility index (Phi) is 4.37. The molecule has 150 valence electrons. The SMILES string of the molecule is C#Cc1ccc(CN(C(=O)c2cc3c4c(c(N)nc3cc2F)COC4)C2CC2)nc1. The largest absolute Gasteiger partial charge is 0.383 e. The van der Waals surface area contributed by atoms with Gasteiger partial charge in [0.1, 0.15) is 11.6 Å². The lowest BCUT2D eigenvalue weighted by Gasteiger charge is -2.23. The van der Waals surface area contributed by atoms with E-state index in [-0.39, 0.29) is 17.5 Å². The number of ether oxygens (including phenoxy) is 1. The van der Waals surface area contributed by atoms with E-state index in [0.29, 0.717) is 47.7 Å². The maximum Gasteiger partial charge on any atom is 0.257 e. The van der Waals surface area contributed by atoms with Crippen molar-refractivity contribution in [1.29, 1.82) is 0 Å². The third-order valence-corrected chi connectivity index (χ3v) is 5.62. The van der Waals surface area contributed by atoms with Gasteiger partial charge in [0.05, 0.1) is 36.5 Å². The minimum atomic E-state index is -0.612. The Morgan fingerprint density at radius 3 is 2.80 bits per heavy atom. The number of hydrogen-bond donors (Lipinski definition) is 1. The topological polar surface area (TPSA) is 81.3 Å². The van der Waals surface area contributed by atoms with E-state index in [9.17, 15) is 9.18 Å². The lowest BCUT2D eigenvalue weighted by molar-refractivity contribution is 0.0723. The molecule has 1 fully saturated rings. The summed E-state index contributed by atoms with van der Waals surface area (Å²) in [7, 11) is 0. The Bertz CT molecular complexity index is 1210. The van der Waals surface area contributed by atoms with E-state index < -0.39 is 5.82 Å². The number of fused-ring (bicyclic) bond motifs is 3. The van der Waals surface area contributed by atoms with Gasteiger partial charge in [-0.25, -0.2) is 9.37 Å². The Labute approximate surface area is 172 Å². The van der Waals surface area contributed by atoms with Crippen LogP contribution in [0.5, 0.6) is 0 Å². The molecule has 5 rings (SSSR count). The minimum Gasteiger partial charge on any atom is -0.383 e. The van der Waals surface area contributed by atoms with E-state index in [1.807, 2.05) is 0 Å². The molecule has 0 atom stereocenters. The number of nitrogen functional groups attached to an aromatic ring is 1. The molecule has 0 radical (unpaired) electrons. The van der Waals surface area contributed by atoms with Crippen molar-refractivity contribution in [2.45, 2.75) is 38.6 Å². The lowest BCUT2D eigenvalue weighted by Crippen LogP contribution is -2.33. The second-order valence-corrected chi connectivity index (χ2v) is 7.64. The number of terminal acetylenes is 1. The molecule has 0 bridgehead atoms. The molecule has 0 unspecified atom stereocenters. The van der Waals surface area contributed by atoms with Gasteiger partial charge < -0.3 is 15.4 Å². The van der Waals surface area contributed by atoms with Crippen LogP contribution in [0.15, 0.2) is 30.5 Å². The summed E-state index contributed by atoms with van der Waals surface area (Å²) < 4.78 is 20.4. The number of hydrogen-bond acceptors (Lipinski definition) is 5. The molecule has 1 aliphatic carbocycles. The van der Waals surface area contributed by atoms with Crippen LogP contribution in [0.4, 0.5) is 10.2 Å². The smallest absolute Gasteiger partial charge is 0.257 e. The van der Waals surface area contributed by atoms with Crippen LogP contribution in [-0.4, -0.2) is 26.8 Å². The highest BCUT2D eigenvalue weighted by molar-refractivity contribution is 5.99. The van der Waals surface area contributed by atoms with Gasteiger partial charge in [-0.1, -0.05) is 5.92 Å². The average molecular weight is 402 g/mol. The number of carbonyl (C=O) groups is 1. The molecule has 1 aromatic carbocycles. The second kappa shape index (κ2) is 7.08. The predicted octanol–water partition coefficient (Wildman–Crippen LogP) is 3.17. The molecule has 30 heavy (non-hydrogen) atoms. The first-order chi connectivity index (χ1) is 14.5. The zero-order valence-electron chi connectivity index (χ0n) is 16.2. The highest BCUT2D eigenvalue weighted by atomic mass is 19.1. The molecule has 7 heteroatoms. The van der Waals surface area contributed by atoms with Gasteiger partial charge in [0.2, 0.25) is 0 Å². The number of carbonyl (C=O) groups excluding carboxylic acids is 1. The van der Waals surface area contributed by atoms with Crippen LogP contribution in [-0.2, 0) is 24.5 Å². The van der Waals surface area contributed by atoms with Crippen molar-refractivity contribution >= 4 is 22.6 Å². The maximum absolute atomic E-state index is 14.9. The average Bonchev–Trinajstić information content (AvgIpc) is 3.46. The number of nitrogens with two attached hydrogens (primary N) is 1. The number of amides is 1. The molecule has 1 aliphatic heterocycles. The van der Waals surface area contributed by atoms with Crippen LogP contribution >= 0.6 is 0 Å². The van der Waals surface area contributed by atoms with Gasteiger partial charge >= 0.3 is 0 Å². The second-order valence-electron chi connectivity index (χ2n) is 7.64. The van der Waals surface area contributed by atoms with Crippen molar-refractivity contribution in [3.63, 3.8) is 0 Å². The Morgan fingerprint density at radius 1 is 1.30 bits per heavy atom. The third-order valence-electron chi connectivity index (χ3n) is 5.62. The molecule has 1 saturated carbocycles. The normalized spacial score (nSPS) is 15.1. The predicted molar refractivity (Wildman–Crippen MR) is 110 cm³/mol. The number of anilines is 1. The van der Waals surface area contributed by atoms with Crippen molar-refractivity contribution < 1.29 is 13.9 Å². The fourth-order valence-electron chi connectivity index (χ4n) is 3.84. The number of benzene rings is 1. The fraction of sp³-hybridized carbons (Fsp3) is 0.261. The van der Waals surface area contributed by atoms with Crippen LogP contribution in [0.3, 0.4) is 0 Å². The van der Waals surface area contributed by atoms with Gasteiger partial charge in [0, 0.05) is 34.8 Å². The Hall–Kier alpha value is -3.50. The highest BCUT2D eigenvalue weighted by Gasteiger charge is 2.35. The summed E-state index contributed by atoms with van der Waals surface area (Å²) >= 11 is 0. The fourth-order valence-corrected chi connectivity index (χ4v) is 3.84. The number of pyridine rings is 2. The molecule has 2 N–H and O–H groups in total. The van der Waals surface area contributed by atoms with E-state index in [2.05, 4.69) is 15.9 Å². The van der Waals surface area contributed by atoms with Crippen LogP contribution in [0.25, 0.3) is 10.9 Å². The summed E-state index contributed by atoms with van der Waals surface area (Å²) in [6.45, 7) is 1.04. The molecule has 0 saturated heterocycles. The Morgan fingerprint density at radius 2 is 2.10 bits per heavy atom. The summed E-state index contributed by atoms with van der Waals surface area (Å²) in [5.41, 5.74) is 9.49. The first-order valence-electron chi connectivity index (χ1n) is 9.76. The molecule has 3 aromatic rings. The summed E-state index contributed by atoms with van der Waals surface area (Å²) in [6, 6.07) is 6.53. The van der Waals surface area contributed by atoms with Crippen LogP contribution < -0.4 is 5.73 Å². The van der Waals surface area contributed by atoms with E-state index >= 15 is 0 Å². The van der Waals surface area contributed by atoms with E-state index in [1.165, 1.54) is 6.07 Å². The van der Waals surface area contributed by atoms with Crippen molar-refractivity contribution in [3.05, 3.63) is 64.2 Å². The van der Waals surface area contributed by atoms with Crippen LogP contribution in [0, 0.1) is 18.2 Å². The van der Waals surface area contributed by atoms with E-state index in [1.54, 1.807) is 29.3 Å². The molecular weight excluding hydrogens is 383 g/mol. The standard InChI is InChI=1S/C23H19FN4O2/c1-2-13-3-4-14(26-9-13)10-28(15-5-6-15)23(29)17-7-16-18-11-30-12-19(18)22(25)27-21(16)8-20(17)24/h1,3-4,7-9,15H,5-6,10-12H2,(H2,25,27). The Balaban J connectivity index is 1.52. The van der Waals surface area contributed by atoms with Crippen LogP contribution in [0.2, 0.25) is 0 Å². The third kappa shape index (κ3) is 3.15. The van der Waals surface area contributed by atoms with Crippen molar-refractivity contribution in [3.8, 4) is 12.3 Å². The molecule has 2 aliphatic rings. The summed E-state index contributed by atoms with van der Waals surface area (Å²) in [5.74, 6) is 1.90. The number of halogens is 1. The molecule has 6 nitrogen and oxygen atoms in total. The summed E-state index contributed by atoms with van der Waals surface area (Å²) in [4.78, 5) is 23.6. The quantitative estimate of drug-likeness (QED) is 0.678. The molecule has 2 aromatic heterocycles. The lowest BCUT2D eigenvalue weighted by atomic mass is 10.0. The summed E-state index contributed by atoms with van der Waals surface area (Å²) in [5, 5.41) is 0.702. The molecule has 0 spiro atoms. The van der Waals surface area contributed by atoms with Gasteiger partial charge in [-0.3, -0.25) is 9.78 Å². The maximum atomic E-state index is 14.9. The minimum absolute atomic E-state index is 0.0234. The van der Waals surface area contributed by atoms with Crippen molar-refractivity contribution in [1.82, 2.24) is 14.9 Å². The highest BCUT2D eigenvalue weighted by Crippen LogP contribution is 2.34.